The van der Waals surface area contributed by atoms with Crippen LogP contribution in [0.5, 0.6) is 11.5 Å². The van der Waals surface area contributed by atoms with E-state index in [0.29, 0.717) is 43.1 Å². The van der Waals surface area contributed by atoms with E-state index in [9.17, 15) is 14.4 Å². The van der Waals surface area contributed by atoms with Gasteiger partial charge in [0.1, 0.15) is 12.1 Å². The van der Waals surface area contributed by atoms with Crippen molar-refractivity contribution in [2.45, 2.75) is 51.7 Å². The molecule has 2 atom stereocenters. The number of rotatable bonds is 11. The molecule has 40 heavy (non-hydrogen) atoms. The number of carbonyl (C=O) groups is 3. The third-order valence-corrected chi connectivity index (χ3v) is 7.15. The number of H-pyrrole nitrogens is 1. The van der Waals surface area contributed by atoms with Crippen LogP contribution in [0.3, 0.4) is 0 Å². The zero-order valence-electron chi connectivity index (χ0n) is 23.4. The fourth-order valence-corrected chi connectivity index (χ4v) is 4.94. The van der Waals surface area contributed by atoms with Gasteiger partial charge in [-0.3, -0.25) is 14.4 Å². The molecular formula is C30H37N5O5. The van der Waals surface area contributed by atoms with Crippen molar-refractivity contribution in [3.05, 3.63) is 77.4 Å². The smallest absolute Gasteiger partial charge is 0.246 e. The number of aromatic nitrogens is 2. The number of fused-ring (bicyclic) bond motifs is 1. The van der Waals surface area contributed by atoms with Gasteiger partial charge in [-0.05, 0) is 41.2 Å². The lowest BCUT2D eigenvalue weighted by Crippen LogP contribution is -2.59. The third-order valence-electron chi connectivity index (χ3n) is 7.15. The average Bonchev–Trinajstić information content (AvgIpc) is 3.47. The molecule has 3 aromatic rings. The Hall–Kier alpha value is -4.34. The topological polar surface area (TPSA) is 126 Å². The highest BCUT2D eigenvalue weighted by molar-refractivity contribution is 5.93. The molecule has 4 rings (SSSR count). The number of hydrogen-bond donors (Lipinski definition) is 3. The number of amides is 3. The molecule has 2 aromatic carbocycles. The summed E-state index contributed by atoms with van der Waals surface area (Å²) in [5.74, 6) is 0.300. The van der Waals surface area contributed by atoms with E-state index in [2.05, 4.69) is 20.6 Å². The Bertz CT molecular complexity index is 1320. The van der Waals surface area contributed by atoms with Gasteiger partial charge in [0.15, 0.2) is 11.5 Å². The van der Waals surface area contributed by atoms with Crippen LogP contribution in [0.4, 0.5) is 0 Å². The lowest BCUT2D eigenvalue weighted by Gasteiger charge is -2.38. The predicted octanol–water partition coefficient (Wildman–Crippen LogP) is 2.42. The molecule has 10 nitrogen and oxygen atoms in total. The minimum Gasteiger partial charge on any atom is -0.493 e. The Balaban J connectivity index is 1.47. The van der Waals surface area contributed by atoms with Crippen LogP contribution in [0.1, 0.15) is 36.2 Å². The molecule has 0 spiro atoms. The Kier molecular flexibility index (Phi) is 9.42. The van der Waals surface area contributed by atoms with Crippen molar-refractivity contribution in [1.82, 2.24) is 25.5 Å². The summed E-state index contributed by atoms with van der Waals surface area (Å²) in [5.41, 5.74) is 3.68. The maximum absolute atomic E-state index is 13.9. The third kappa shape index (κ3) is 6.80. The van der Waals surface area contributed by atoms with Crippen molar-refractivity contribution in [2.24, 2.45) is 5.92 Å². The van der Waals surface area contributed by atoms with Gasteiger partial charge in [0.25, 0.3) is 0 Å². The maximum atomic E-state index is 13.9. The quantitative estimate of drug-likeness (QED) is 0.339. The van der Waals surface area contributed by atoms with Crippen molar-refractivity contribution in [1.29, 1.82) is 0 Å². The minimum atomic E-state index is -0.775. The molecule has 0 fully saturated rings. The van der Waals surface area contributed by atoms with Gasteiger partial charge < -0.3 is 30.0 Å². The molecule has 2 heterocycles. The summed E-state index contributed by atoms with van der Waals surface area (Å²) in [4.78, 5) is 48.6. The highest BCUT2D eigenvalue weighted by Crippen LogP contribution is 2.28. The molecule has 0 saturated heterocycles. The van der Waals surface area contributed by atoms with Crippen LogP contribution >= 0.6 is 0 Å². The minimum absolute atomic E-state index is 0.0827. The zero-order valence-corrected chi connectivity index (χ0v) is 23.4. The van der Waals surface area contributed by atoms with Crippen molar-refractivity contribution in [3.63, 3.8) is 0 Å². The normalized spacial score (nSPS) is 15.2. The summed E-state index contributed by atoms with van der Waals surface area (Å²) >= 11 is 0. The summed E-state index contributed by atoms with van der Waals surface area (Å²) in [7, 11) is 3.17. The van der Waals surface area contributed by atoms with Crippen LogP contribution in [-0.4, -0.2) is 65.4 Å². The van der Waals surface area contributed by atoms with E-state index in [1.807, 2.05) is 56.3 Å². The SMILES string of the molecule is COc1ccc(CCNC(=O)[C@@H]2Cc3ccccc3CN2C(=O)[C@@H](NC(=O)Cc2cnc[nH]2)C(C)C)cc1OC. The first-order valence-corrected chi connectivity index (χ1v) is 13.4. The lowest BCUT2D eigenvalue weighted by atomic mass is 9.91. The maximum Gasteiger partial charge on any atom is 0.246 e. The number of nitrogens with zero attached hydrogens (tertiary/aromatic N) is 2. The van der Waals surface area contributed by atoms with Crippen LogP contribution in [0.2, 0.25) is 0 Å². The number of nitrogens with one attached hydrogen (secondary N) is 3. The van der Waals surface area contributed by atoms with Crippen LogP contribution in [-0.2, 0) is 40.2 Å². The van der Waals surface area contributed by atoms with E-state index in [1.165, 1.54) is 6.33 Å². The molecule has 1 aliphatic rings. The predicted molar refractivity (Wildman–Crippen MR) is 150 cm³/mol. The molecule has 3 amide bonds. The van der Waals surface area contributed by atoms with Gasteiger partial charge in [-0.2, -0.15) is 0 Å². The van der Waals surface area contributed by atoms with Crippen LogP contribution in [0.25, 0.3) is 0 Å². The number of aromatic amines is 1. The molecule has 1 aromatic heterocycles. The molecule has 1 aliphatic heterocycles. The number of methoxy groups -OCH3 is 2. The van der Waals surface area contributed by atoms with E-state index in [-0.39, 0.29) is 30.1 Å². The summed E-state index contributed by atoms with van der Waals surface area (Å²) in [6.07, 6.45) is 4.15. The molecular weight excluding hydrogens is 510 g/mol. The van der Waals surface area contributed by atoms with E-state index >= 15 is 0 Å². The number of benzene rings is 2. The number of imidazole rings is 1. The van der Waals surface area contributed by atoms with Crippen LogP contribution in [0.15, 0.2) is 55.0 Å². The number of hydrogen-bond acceptors (Lipinski definition) is 6. The van der Waals surface area contributed by atoms with Gasteiger partial charge in [-0.1, -0.05) is 44.2 Å². The number of ether oxygens (including phenoxy) is 2. The first-order valence-electron chi connectivity index (χ1n) is 13.4. The van der Waals surface area contributed by atoms with Crippen molar-refractivity contribution in [3.8, 4) is 11.5 Å². The van der Waals surface area contributed by atoms with Gasteiger partial charge in [-0.25, -0.2) is 4.98 Å². The second kappa shape index (κ2) is 13.1. The molecule has 10 heteroatoms. The fraction of sp³-hybridized carbons (Fsp3) is 0.400. The molecule has 3 N–H and O–H groups in total. The largest absolute Gasteiger partial charge is 0.493 e. The Labute approximate surface area is 234 Å². The Morgan fingerprint density at radius 3 is 2.50 bits per heavy atom. The van der Waals surface area contributed by atoms with Crippen molar-refractivity contribution < 1.29 is 23.9 Å². The van der Waals surface area contributed by atoms with E-state index in [0.717, 1.165) is 16.7 Å². The van der Waals surface area contributed by atoms with Crippen molar-refractivity contribution >= 4 is 17.7 Å². The molecule has 0 saturated carbocycles. The second-order valence-corrected chi connectivity index (χ2v) is 10.2. The van der Waals surface area contributed by atoms with Crippen LogP contribution < -0.4 is 20.1 Å². The van der Waals surface area contributed by atoms with Gasteiger partial charge in [0, 0.05) is 31.4 Å². The van der Waals surface area contributed by atoms with E-state index in [4.69, 9.17) is 9.47 Å². The zero-order chi connectivity index (χ0) is 28.6. The Morgan fingerprint density at radius 2 is 1.82 bits per heavy atom. The lowest BCUT2D eigenvalue weighted by molar-refractivity contribution is -0.145. The van der Waals surface area contributed by atoms with Gasteiger partial charge >= 0.3 is 0 Å². The molecule has 0 aliphatic carbocycles. The summed E-state index contributed by atoms with van der Waals surface area (Å²) in [5, 5.41) is 5.91. The second-order valence-electron chi connectivity index (χ2n) is 10.2. The van der Waals surface area contributed by atoms with Gasteiger partial charge in [0.05, 0.1) is 27.0 Å². The van der Waals surface area contributed by atoms with Crippen molar-refractivity contribution in [2.75, 3.05) is 20.8 Å². The summed E-state index contributed by atoms with van der Waals surface area (Å²) in [6, 6.07) is 12.0. The highest BCUT2D eigenvalue weighted by atomic mass is 16.5. The Morgan fingerprint density at radius 1 is 1.07 bits per heavy atom. The van der Waals surface area contributed by atoms with E-state index in [1.54, 1.807) is 25.3 Å². The van der Waals surface area contributed by atoms with Gasteiger partial charge in [-0.15, -0.1) is 0 Å². The van der Waals surface area contributed by atoms with E-state index < -0.39 is 12.1 Å². The standard InChI is InChI=1S/C30H37N5O5/c1-19(2)28(34-27(36)15-23-16-31-18-33-23)30(38)35-17-22-8-6-5-7-21(22)14-24(35)29(37)32-12-11-20-9-10-25(39-3)26(13-20)40-4/h5-10,13,16,18-19,24,28H,11-12,14-15,17H2,1-4H3,(H,31,33)(H,32,37)(H,34,36)/t24-,28-/m0/s1. The summed E-state index contributed by atoms with van der Waals surface area (Å²) < 4.78 is 10.7. The molecule has 212 valence electrons. The first-order chi connectivity index (χ1) is 19.3. The molecule has 0 radical (unpaired) electrons. The first kappa shape index (κ1) is 28.7. The highest BCUT2D eigenvalue weighted by Gasteiger charge is 2.38. The van der Waals surface area contributed by atoms with Gasteiger partial charge in [0.2, 0.25) is 17.7 Å². The average molecular weight is 548 g/mol. The molecule has 0 unspecified atom stereocenters. The summed E-state index contributed by atoms with van der Waals surface area (Å²) in [6.45, 7) is 4.45. The van der Waals surface area contributed by atoms with Crippen LogP contribution in [0, 0.1) is 5.92 Å². The number of carbonyl (C=O) groups excluding carboxylic acids is 3. The molecule has 0 bridgehead atoms. The fourth-order valence-electron chi connectivity index (χ4n) is 4.94. The monoisotopic (exact) mass is 547 g/mol.